The minimum Gasteiger partial charge on any atom is -0.480 e. The molecule has 0 aliphatic rings. The van der Waals surface area contributed by atoms with Gasteiger partial charge in [-0.2, -0.15) is 0 Å². The molecule has 1 rings (SSSR count). The first-order chi connectivity index (χ1) is 7.04. The second kappa shape index (κ2) is 4.94. The molecule has 0 aliphatic heterocycles. The Bertz CT molecular complexity index is 348. The smallest absolute Gasteiger partial charge is 0.320 e. The van der Waals surface area contributed by atoms with Gasteiger partial charge in [-0.25, -0.2) is 0 Å². The molecule has 0 fully saturated rings. The summed E-state index contributed by atoms with van der Waals surface area (Å²) in [4.78, 5) is 11.2. The maximum atomic E-state index is 11.2. The molecule has 0 saturated heterocycles. The van der Waals surface area contributed by atoms with Crippen LogP contribution in [0.25, 0.3) is 0 Å². The van der Waals surface area contributed by atoms with Crippen molar-refractivity contribution in [3.05, 3.63) is 5.01 Å². The lowest BCUT2D eigenvalue weighted by Crippen LogP contribution is -2.33. The number of aliphatic carboxylic acids is 1. The van der Waals surface area contributed by atoms with Crippen LogP contribution in [0.5, 0.6) is 0 Å². The highest BCUT2D eigenvalue weighted by Crippen LogP contribution is 2.39. The van der Waals surface area contributed by atoms with E-state index in [0.717, 1.165) is 9.35 Å². The summed E-state index contributed by atoms with van der Waals surface area (Å²) in [6.45, 7) is 5.64. The maximum Gasteiger partial charge on any atom is 0.320 e. The molecule has 0 radical (unpaired) electrons. The summed E-state index contributed by atoms with van der Waals surface area (Å²) in [6.07, 6.45) is 1.17. The highest BCUT2D eigenvalue weighted by molar-refractivity contribution is 8.03. The summed E-state index contributed by atoms with van der Waals surface area (Å²) in [5.74, 6) is -0.773. The van der Waals surface area contributed by atoms with Crippen molar-refractivity contribution in [2.45, 2.75) is 42.7 Å². The van der Waals surface area contributed by atoms with Gasteiger partial charge in [-0.1, -0.05) is 36.9 Å². The minimum atomic E-state index is -0.773. The SMILES string of the molecule is CCC(CC)(Sc1nnc(C)s1)C(=O)O. The van der Waals surface area contributed by atoms with Gasteiger partial charge < -0.3 is 5.11 Å². The number of carbonyl (C=O) groups is 1. The number of rotatable bonds is 5. The summed E-state index contributed by atoms with van der Waals surface area (Å²) >= 11 is 2.75. The lowest BCUT2D eigenvalue weighted by Gasteiger charge is -2.24. The second-order valence-electron chi connectivity index (χ2n) is 3.20. The zero-order valence-corrected chi connectivity index (χ0v) is 10.6. The largest absolute Gasteiger partial charge is 0.480 e. The molecule has 0 unspecified atom stereocenters. The predicted molar refractivity (Wildman–Crippen MR) is 61.5 cm³/mol. The molecule has 15 heavy (non-hydrogen) atoms. The van der Waals surface area contributed by atoms with E-state index >= 15 is 0 Å². The Hall–Kier alpha value is -0.620. The lowest BCUT2D eigenvalue weighted by atomic mass is 10.0. The third-order valence-electron chi connectivity index (χ3n) is 2.32. The van der Waals surface area contributed by atoms with Gasteiger partial charge in [-0.05, 0) is 19.8 Å². The molecule has 0 bridgehead atoms. The van der Waals surface area contributed by atoms with Gasteiger partial charge in [0.05, 0.1) is 0 Å². The fraction of sp³-hybridized carbons (Fsp3) is 0.667. The average Bonchev–Trinajstić information content (AvgIpc) is 2.60. The van der Waals surface area contributed by atoms with E-state index in [2.05, 4.69) is 10.2 Å². The molecule has 6 heteroatoms. The van der Waals surface area contributed by atoms with E-state index in [9.17, 15) is 9.90 Å². The number of aryl methyl sites for hydroxylation is 1. The van der Waals surface area contributed by atoms with Crippen molar-refractivity contribution in [2.75, 3.05) is 0 Å². The molecule has 4 nitrogen and oxygen atoms in total. The molecule has 0 amide bonds. The average molecular weight is 246 g/mol. The third-order valence-corrected chi connectivity index (χ3v) is 4.85. The zero-order chi connectivity index (χ0) is 11.5. The van der Waals surface area contributed by atoms with Crippen LogP contribution in [0.15, 0.2) is 4.34 Å². The molecule has 1 aromatic rings. The first-order valence-corrected chi connectivity index (χ1v) is 6.40. The molecule has 1 heterocycles. The first-order valence-electron chi connectivity index (χ1n) is 4.76. The zero-order valence-electron chi connectivity index (χ0n) is 8.98. The number of hydrogen-bond donors (Lipinski definition) is 1. The Kier molecular flexibility index (Phi) is 4.10. The fourth-order valence-corrected chi connectivity index (χ4v) is 3.44. The van der Waals surface area contributed by atoms with Crippen molar-refractivity contribution in [1.29, 1.82) is 0 Å². The Morgan fingerprint density at radius 1 is 1.47 bits per heavy atom. The Balaban J connectivity index is 2.88. The van der Waals surface area contributed by atoms with Gasteiger partial charge in [0.15, 0.2) is 4.34 Å². The van der Waals surface area contributed by atoms with E-state index in [0.29, 0.717) is 12.8 Å². The second-order valence-corrected chi connectivity index (χ2v) is 6.01. The van der Waals surface area contributed by atoms with Crippen molar-refractivity contribution in [3.8, 4) is 0 Å². The van der Waals surface area contributed by atoms with E-state index in [4.69, 9.17) is 0 Å². The van der Waals surface area contributed by atoms with E-state index in [1.165, 1.54) is 23.1 Å². The summed E-state index contributed by atoms with van der Waals surface area (Å²) in [6, 6.07) is 0. The van der Waals surface area contributed by atoms with Gasteiger partial charge in [-0.3, -0.25) is 4.79 Å². The number of hydrogen-bond acceptors (Lipinski definition) is 5. The molecular formula is C9H14N2O2S2. The quantitative estimate of drug-likeness (QED) is 0.809. The number of nitrogens with zero attached hydrogens (tertiary/aromatic N) is 2. The van der Waals surface area contributed by atoms with E-state index < -0.39 is 10.7 Å². The van der Waals surface area contributed by atoms with Crippen molar-refractivity contribution in [3.63, 3.8) is 0 Å². The van der Waals surface area contributed by atoms with Crippen LogP contribution in [0.3, 0.4) is 0 Å². The Labute approximate surface area is 97.1 Å². The minimum absolute atomic E-state index is 0.585. The van der Waals surface area contributed by atoms with Crippen LogP contribution in [0.1, 0.15) is 31.7 Å². The van der Waals surface area contributed by atoms with Crippen LogP contribution >= 0.6 is 23.1 Å². The highest BCUT2D eigenvalue weighted by Gasteiger charge is 2.37. The number of carboxylic acid groups (broad SMARTS) is 1. The number of carboxylic acids is 1. The van der Waals surface area contributed by atoms with E-state index in [1.54, 1.807) is 0 Å². The Morgan fingerprint density at radius 2 is 2.07 bits per heavy atom. The van der Waals surface area contributed by atoms with Gasteiger partial charge in [0.25, 0.3) is 0 Å². The molecule has 1 N–H and O–H groups in total. The predicted octanol–water partition coefficient (Wildman–Crippen LogP) is 2.58. The molecule has 0 aromatic carbocycles. The first kappa shape index (κ1) is 12.4. The third kappa shape index (κ3) is 2.69. The number of aromatic nitrogens is 2. The number of thioether (sulfide) groups is 1. The van der Waals surface area contributed by atoms with Crippen LogP contribution in [0.2, 0.25) is 0 Å². The van der Waals surface area contributed by atoms with Gasteiger partial charge >= 0.3 is 5.97 Å². The van der Waals surface area contributed by atoms with Crippen LogP contribution in [0.4, 0.5) is 0 Å². The summed E-state index contributed by atoms with van der Waals surface area (Å²) in [5, 5.41) is 17.9. The van der Waals surface area contributed by atoms with Crippen LogP contribution in [-0.2, 0) is 4.79 Å². The van der Waals surface area contributed by atoms with Gasteiger partial charge in [0, 0.05) is 0 Å². The summed E-state index contributed by atoms with van der Waals surface area (Å²) < 4.78 is -0.0231. The van der Waals surface area contributed by atoms with E-state index in [-0.39, 0.29) is 0 Å². The molecular weight excluding hydrogens is 232 g/mol. The molecule has 84 valence electrons. The molecule has 1 aromatic heterocycles. The Morgan fingerprint density at radius 3 is 2.40 bits per heavy atom. The van der Waals surface area contributed by atoms with Crippen molar-refractivity contribution in [1.82, 2.24) is 10.2 Å². The highest BCUT2D eigenvalue weighted by atomic mass is 32.2. The summed E-state index contributed by atoms with van der Waals surface area (Å²) in [5.41, 5.74) is 0. The fourth-order valence-electron chi connectivity index (χ4n) is 1.23. The van der Waals surface area contributed by atoms with Crippen LogP contribution in [0, 0.1) is 6.92 Å². The van der Waals surface area contributed by atoms with Crippen LogP contribution in [-0.4, -0.2) is 26.0 Å². The molecule has 0 spiro atoms. The van der Waals surface area contributed by atoms with Gasteiger partial charge in [0.2, 0.25) is 0 Å². The van der Waals surface area contributed by atoms with E-state index in [1.807, 2.05) is 20.8 Å². The van der Waals surface area contributed by atoms with Gasteiger partial charge in [0.1, 0.15) is 9.75 Å². The maximum absolute atomic E-state index is 11.2. The normalized spacial score (nSPS) is 11.7. The van der Waals surface area contributed by atoms with Crippen LogP contribution < -0.4 is 0 Å². The molecule has 0 aliphatic carbocycles. The molecule has 0 atom stereocenters. The molecule has 0 saturated carbocycles. The lowest BCUT2D eigenvalue weighted by molar-refractivity contribution is -0.140. The van der Waals surface area contributed by atoms with Gasteiger partial charge in [-0.15, -0.1) is 10.2 Å². The monoisotopic (exact) mass is 246 g/mol. The standard InChI is InChI=1S/C9H14N2O2S2/c1-4-9(5-2,7(12)13)15-8-11-10-6(3)14-8/h4-5H2,1-3H3,(H,12,13). The summed E-state index contributed by atoms with van der Waals surface area (Å²) in [7, 11) is 0. The van der Waals surface area contributed by atoms with Crippen molar-refractivity contribution < 1.29 is 9.90 Å². The van der Waals surface area contributed by atoms with Crippen molar-refractivity contribution >= 4 is 29.1 Å². The topological polar surface area (TPSA) is 63.1 Å². The van der Waals surface area contributed by atoms with Crippen molar-refractivity contribution in [2.24, 2.45) is 0 Å².